The Morgan fingerprint density at radius 1 is 0.714 bits per heavy atom. The summed E-state index contributed by atoms with van der Waals surface area (Å²) in [7, 11) is 0. The first-order chi connectivity index (χ1) is 6.33. The van der Waals surface area contributed by atoms with E-state index in [0.29, 0.717) is 0 Å². The minimum absolute atomic E-state index is 0. The number of hydrogen-bond acceptors (Lipinski definition) is 0. The summed E-state index contributed by atoms with van der Waals surface area (Å²) in [6.07, 6.45) is 16.9. The SMILES string of the molecule is [CH2][CH][CH]C.[CH2][CH][CH][CH2].[CH]1[CH][CH][CH][CH]1.[Ti]. The topological polar surface area (TPSA) is 0 Å². The minimum atomic E-state index is 0. The molecule has 0 spiro atoms. The molecule has 1 aliphatic carbocycles. The molecule has 1 fully saturated rings. The van der Waals surface area contributed by atoms with Gasteiger partial charge in [0.2, 0.25) is 0 Å². The predicted octanol–water partition coefficient (Wildman–Crippen LogP) is 3.33. The van der Waals surface area contributed by atoms with Crippen LogP contribution in [0.25, 0.3) is 0 Å². The molecule has 0 nitrogen and oxygen atoms in total. The molecule has 12 radical (unpaired) electrons. The molecule has 0 atom stereocenters. The minimum Gasteiger partial charge on any atom is -0.0620 e. The van der Waals surface area contributed by atoms with Crippen molar-refractivity contribution < 1.29 is 21.7 Å². The van der Waals surface area contributed by atoms with E-state index < -0.39 is 0 Å². The Kier molecular flexibility index (Phi) is 33.8. The van der Waals surface area contributed by atoms with Crippen LogP contribution in [-0.4, -0.2) is 0 Å². The Hall–Kier alpha value is 0.714. The number of hydrogen-bond donors (Lipinski definition) is 0. The molecule has 1 saturated carbocycles. The van der Waals surface area contributed by atoms with Gasteiger partial charge >= 0.3 is 0 Å². The van der Waals surface area contributed by atoms with Crippen LogP contribution in [0.5, 0.6) is 0 Å². The quantitative estimate of drug-likeness (QED) is 0.628. The second-order valence-electron chi connectivity index (χ2n) is 2.00. The van der Waals surface area contributed by atoms with Gasteiger partial charge in [-0.15, -0.1) is 0 Å². The molecule has 74 valence electrons. The molecule has 0 aromatic heterocycles. The second kappa shape index (κ2) is 23.5. The van der Waals surface area contributed by atoms with Gasteiger partial charge in [0.15, 0.2) is 0 Å². The average molecular weight is 222 g/mol. The maximum Gasteiger partial charge on any atom is 0 e. The summed E-state index contributed by atoms with van der Waals surface area (Å²) in [5.74, 6) is 0. The first kappa shape index (κ1) is 20.2. The van der Waals surface area contributed by atoms with Crippen molar-refractivity contribution in [1.82, 2.24) is 0 Å². The fraction of sp³-hybridized carbons (Fsp3) is 0.0769. The number of rotatable bonds is 2. The molecule has 0 unspecified atom stereocenters. The molecule has 1 heteroatoms. The Labute approximate surface area is 107 Å². The van der Waals surface area contributed by atoms with Gasteiger partial charge in [-0.1, -0.05) is 6.92 Å². The zero-order chi connectivity index (χ0) is 10.4. The average Bonchev–Trinajstić information content (AvgIpc) is 2.76. The van der Waals surface area contributed by atoms with E-state index in [9.17, 15) is 0 Å². The maximum absolute atomic E-state index is 3.42. The van der Waals surface area contributed by atoms with Gasteiger partial charge in [0, 0.05) is 21.7 Å². The van der Waals surface area contributed by atoms with Gasteiger partial charge in [0.1, 0.15) is 0 Å². The molecule has 0 aromatic rings. The van der Waals surface area contributed by atoms with E-state index >= 15 is 0 Å². The summed E-state index contributed by atoms with van der Waals surface area (Å²) in [6.45, 7) is 12.1. The molecule has 0 heterocycles. The van der Waals surface area contributed by atoms with Crippen LogP contribution in [0.3, 0.4) is 0 Å². The molecular weight excluding hydrogens is 204 g/mol. The van der Waals surface area contributed by atoms with Crippen molar-refractivity contribution in [3.05, 3.63) is 78.6 Å². The molecule has 1 rings (SSSR count). The van der Waals surface area contributed by atoms with Crippen molar-refractivity contribution in [2.75, 3.05) is 0 Å². The molecule has 14 heavy (non-hydrogen) atoms. The zero-order valence-electron chi connectivity index (χ0n) is 8.82. The Morgan fingerprint density at radius 2 is 0.929 bits per heavy atom. The standard InChI is InChI=1S/C5H5.C4H7.C4H6.Ti/c1-2-4-5-3-1;2*1-3-4-2;/h1-5H;3-4H,1H2,2H3;3-4H,1-2H2;. The van der Waals surface area contributed by atoms with E-state index in [2.05, 4.69) is 20.8 Å². The molecule has 0 aromatic carbocycles. The van der Waals surface area contributed by atoms with E-state index in [4.69, 9.17) is 0 Å². The van der Waals surface area contributed by atoms with Gasteiger partial charge in [0.25, 0.3) is 0 Å². The fourth-order valence-corrected chi connectivity index (χ4v) is 0.321. The summed E-state index contributed by atoms with van der Waals surface area (Å²) in [5, 5.41) is 0. The van der Waals surface area contributed by atoms with E-state index in [0.717, 1.165) is 0 Å². The molecule has 0 aliphatic heterocycles. The third-order valence-electron chi connectivity index (χ3n) is 0.958. The van der Waals surface area contributed by atoms with Crippen molar-refractivity contribution >= 4 is 0 Å². The van der Waals surface area contributed by atoms with Crippen LogP contribution in [0, 0.1) is 78.6 Å². The van der Waals surface area contributed by atoms with Gasteiger partial charge < -0.3 is 0 Å². The Balaban J connectivity index is -0.000000127. The molecule has 0 bridgehead atoms. The van der Waals surface area contributed by atoms with Gasteiger partial charge in [-0.3, -0.25) is 0 Å². The van der Waals surface area contributed by atoms with E-state index in [-0.39, 0.29) is 21.7 Å². The fourth-order valence-electron chi connectivity index (χ4n) is 0.321. The van der Waals surface area contributed by atoms with Crippen molar-refractivity contribution in [3.63, 3.8) is 0 Å². The monoisotopic (exact) mass is 222 g/mol. The van der Waals surface area contributed by atoms with E-state index in [1.54, 1.807) is 19.3 Å². The van der Waals surface area contributed by atoms with Crippen molar-refractivity contribution in [2.45, 2.75) is 6.92 Å². The van der Waals surface area contributed by atoms with Crippen LogP contribution in [0.2, 0.25) is 0 Å². The Bertz CT molecular complexity index is 42.6. The van der Waals surface area contributed by atoms with Gasteiger partial charge in [-0.05, 0) is 78.6 Å². The zero-order valence-corrected chi connectivity index (χ0v) is 10.4. The first-order valence-electron chi connectivity index (χ1n) is 4.14. The predicted molar refractivity (Wildman–Crippen MR) is 60.4 cm³/mol. The molecule has 0 N–H and O–H groups in total. The van der Waals surface area contributed by atoms with Crippen LogP contribution in [0.1, 0.15) is 6.92 Å². The Morgan fingerprint density at radius 3 is 1.00 bits per heavy atom. The molecule has 0 saturated heterocycles. The van der Waals surface area contributed by atoms with Crippen LogP contribution in [0.15, 0.2) is 0 Å². The van der Waals surface area contributed by atoms with E-state index in [1.165, 1.54) is 0 Å². The van der Waals surface area contributed by atoms with Crippen LogP contribution < -0.4 is 0 Å². The van der Waals surface area contributed by atoms with Crippen LogP contribution >= 0.6 is 0 Å². The number of unbranched alkanes of at least 4 members (excludes halogenated alkanes) is 2. The third kappa shape index (κ3) is 29.3. The normalized spacial score (nSPS) is 12.9. The molecule has 0 amide bonds. The van der Waals surface area contributed by atoms with Gasteiger partial charge in [-0.2, -0.15) is 0 Å². The van der Waals surface area contributed by atoms with Crippen LogP contribution in [-0.2, 0) is 21.7 Å². The molecule has 1 aliphatic rings. The summed E-state index contributed by atoms with van der Waals surface area (Å²) < 4.78 is 0. The smallest absolute Gasteiger partial charge is 0 e. The van der Waals surface area contributed by atoms with Gasteiger partial charge in [-0.25, -0.2) is 0 Å². The second-order valence-corrected chi connectivity index (χ2v) is 2.00. The van der Waals surface area contributed by atoms with Crippen molar-refractivity contribution in [1.29, 1.82) is 0 Å². The van der Waals surface area contributed by atoms with Crippen molar-refractivity contribution in [3.8, 4) is 0 Å². The first-order valence-corrected chi connectivity index (χ1v) is 4.14. The molecular formula is C13H18Ti. The summed E-state index contributed by atoms with van der Waals surface area (Å²) in [4.78, 5) is 0. The van der Waals surface area contributed by atoms with Gasteiger partial charge in [0.05, 0.1) is 0 Å². The van der Waals surface area contributed by atoms with Crippen molar-refractivity contribution in [2.24, 2.45) is 0 Å². The summed E-state index contributed by atoms with van der Waals surface area (Å²) >= 11 is 0. The van der Waals surface area contributed by atoms with E-state index in [1.807, 2.05) is 45.4 Å². The third-order valence-corrected chi connectivity index (χ3v) is 0.958. The maximum atomic E-state index is 3.42. The largest absolute Gasteiger partial charge is 0.0620 e. The summed E-state index contributed by atoms with van der Waals surface area (Å²) in [6, 6.07) is 0. The summed E-state index contributed by atoms with van der Waals surface area (Å²) in [5.41, 5.74) is 0. The van der Waals surface area contributed by atoms with Crippen LogP contribution in [0.4, 0.5) is 0 Å².